The fourth-order valence-corrected chi connectivity index (χ4v) is 7.27. The van der Waals surface area contributed by atoms with Crippen LogP contribution in [-0.4, -0.2) is 0 Å². The van der Waals surface area contributed by atoms with Crippen molar-refractivity contribution < 1.29 is 8.83 Å². The molecule has 10 rings (SSSR count). The molecule has 47 heavy (non-hydrogen) atoms. The average molecular weight is 602 g/mol. The monoisotopic (exact) mass is 601 g/mol. The molecule has 0 radical (unpaired) electrons. The smallest absolute Gasteiger partial charge is 0.159 e. The summed E-state index contributed by atoms with van der Waals surface area (Å²) in [7, 11) is 0. The van der Waals surface area contributed by atoms with E-state index in [1.165, 1.54) is 27.3 Å². The van der Waals surface area contributed by atoms with Gasteiger partial charge in [0.2, 0.25) is 0 Å². The van der Waals surface area contributed by atoms with Gasteiger partial charge in [0, 0.05) is 32.9 Å². The first-order valence-corrected chi connectivity index (χ1v) is 15.9. The number of rotatable bonds is 4. The highest BCUT2D eigenvalue weighted by molar-refractivity contribution is 6.19. The van der Waals surface area contributed by atoms with E-state index in [1.807, 2.05) is 24.3 Å². The number of fused-ring (bicyclic) bond motifs is 9. The van der Waals surface area contributed by atoms with Gasteiger partial charge in [-0.3, -0.25) is 0 Å². The van der Waals surface area contributed by atoms with Crippen LogP contribution < -0.4 is 4.90 Å². The van der Waals surface area contributed by atoms with E-state index in [2.05, 4.69) is 144 Å². The van der Waals surface area contributed by atoms with Gasteiger partial charge in [0.25, 0.3) is 0 Å². The molecule has 0 aliphatic carbocycles. The van der Waals surface area contributed by atoms with Crippen molar-refractivity contribution in [2.75, 3.05) is 4.90 Å². The number of furan rings is 2. The predicted molar refractivity (Wildman–Crippen MR) is 196 cm³/mol. The normalized spacial score (nSPS) is 11.8. The lowest BCUT2D eigenvalue weighted by Crippen LogP contribution is -2.10. The van der Waals surface area contributed by atoms with Gasteiger partial charge in [-0.2, -0.15) is 0 Å². The topological polar surface area (TPSA) is 29.5 Å². The lowest BCUT2D eigenvalue weighted by atomic mass is 9.98. The molecule has 0 atom stereocenters. The van der Waals surface area contributed by atoms with Crippen LogP contribution in [0.4, 0.5) is 17.1 Å². The van der Waals surface area contributed by atoms with E-state index in [-0.39, 0.29) is 0 Å². The third-order valence-electron chi connectivity index (χ3n) is 9.45. The van der Waals surface area contributed by atoms with Crippen LogP contribution in [0, 0.1) is 0 Å². The van der Waals surface area contributed by atoms with Crippen molar-refractivity contribution in [1.29, 1.82) is 0 Å². The second-order valence-electron chi connectivity index (χ2n) is 12.1. The van der Waals surface area contributed by atoms with E-state index >= 15 is 0 Å². The van der Waals surface area contributed by atoms with Crippen molar-refractivity contribution >= 4 is 82.5 Å². The quantitative estimate of drug-likeness (QED) is 0.201. The van der Waals surface area contributed by atoms with E-state index in [9.17, 15) is 0 Å². The maximum atomic E-state index is 6.60. The van der Waals surface area contributed by atoms with Crippen LogP contribution in [0.15, 0.2) is 173 Å². The first kappa shape index (κ1) is 26.0. The van der Waals surface area contributed by atoms with Crippen molar-refractivity contribution in [3.63, 3.8) is 0 Å². The zero-order valence-electron chi connectivity index (χ0n) is 25.4. The molecule has 0 unspecified atom stereocenters. The molecule has 0 amide bonds. The van der Waals surface area contributed by atoms with Crippen LogP contribution in [0.5, 0.6) is 0 Å². The van der Waals surface area contributed by atoms with Crippen LogP contribution >= 0.6 is 0 Å². The van der Waals surface area contributed by atoms with Crippen LogP contribution in [-0.2, 0) is 0 Å². The van der Waals surface area contributed by atoms with E-state index in [4.69, 9.17) is 8.83 Å². The van der Waals surface area contributed by atoms with Gasteiger partial charge in [0.05, 0.1) is 5.69 Å². The van der Waals surface area contributed by atoms with Crippen molar-refractivity contribution in [3.05, 3.63) is 164 Å². The summed E-state index contributed by atoms with van der Waals surface area (Å²) in [6.07, 6.45) is 0. The zero-order chi connectivity index (χ0) is 30.9. The van der Waals surface area contributed by atoms with Crippen LogP contribution in [0.1, 0.15) is 0 Å². The third kappa shape index (κ3) is 4.00. The molecule has 0 saturated heterocycles. The number of benzene rings is 8. The van der Waals surface area contributed by atoms with Gasteiger partial charge < -0.3 is 13.7 Å². The Morgan fingerprint density at radius 2 is 1.02 bits per heavy atom. The van der Waals surface area contributed by atoms with Gasteiger partial charge in [-0.15, -0.1) is 0 Å². The Balaban J connectivity index is 1.22. The lowest BCUT2D eigenvalue weighted by Gasteiger charge is -2.26. The van der Waals surface area contributed by atoms with Crippen molar-refractivity contribution in [3.8, 4) is 11.1 Å². The Hall–Kier alpha value is -6.32. The SMILES string of the molecule is c1ccc2c(-c3ccc(N(c4ccc5ccc6oc7ccccc7c6c5c4)c4cccc5c4oc4ccccc45)cc3)cccc2c1. The Kier molecular flexibility index (Phi) is 5.57. The molecule has 10 aromatic rings. The first-order valence-electron chi connectivity index (χ1n) is 15.9. The summed E-state index contributed by atoms with van der Waals surface area (Å²) in [6.45, 7) is 0. The van der Waals surface area contributed by atoms with Crippen LogP contribution in [0.3, 0.4) is 0 Å². The minimum absolute atomic E-state index is 0.860. The fourth-order valence-electron chi connectivity index (χ4n) is 7.27. The molecule has 0 bridgehead atoms. The van der Waals surface area contributed by atoms with E-state index < -0.39 is 0 Å². The third-order valence-corrected chi connectivity index (χ3v) is 9.45. The van der Waals surface area contributed by atoms with Crippen molar-refractivity contribution in [1.82, 2.24) is 0 Å². The predicted octanol–water partition coefficient (Wildman–Crippen LogP) is 12.9. The number of anilines is 3. The molecular formula is C44H27NO2. The summed E-state index contributed by atoms with van der Waals surface area (Å²) in [5.41, 5.74) is 9.00. The summed E-state index contributed by atoms with van der Waals surface area (Å²) in [6, 6.07) is 57.9. The lowest BCUT2D eigenvalue weighted by molar-refractivity contribution is 0.668. The van der Waals surface area contributed by atoms with Gasteiger partial charge in [-0.25, -0.2) is 0 Å². The zero-order valence-corrected chi connectivity index (χ0v) is 25.4. The largest absolute Gasteiger partial charge is 0.456 e. The van der Waals surface area contributed by atoms with Gasteiger partial charge in [-0.1, -0.05) is 115 Å². The Morgan fingerprint density at radius 3 is 1.89 bits per heavy atom. The molecule has 0 spiro atoms. The molecule has 0 aliphatic rings. The number of hydrogen-bond acceptors (Lipinski definition) is 3. The van der Waals surface area contributed by atoms with Gasteiger partial charge in [0.15, 0.2) is 5.58 Å². The number of hydrogen-bond donors (Lipinski definition) is 0. The average Bonchev–Trinajstić information content (AvgIpc) is 3.71. The fraction of sp³-hybridized carbons (Fsp3) is 0. The maximum absolute atomic E-state index is 6.60. The molecule has 2 aromatic heterocycles. The first-order chi connectivity index (χ1) is 23.3. The Morgan fingerprint density at radius 1 is 0.383 bits per heavy atom. The standard InChI is InChI=1S/C44H27NO2/c1-2-11-33-28(9-1)10-7-14-34(33)29-19-23-31(24-20-29)45(39-16-8-15-36-35-12-3-5-17-40(35)47-44(36)39)32-25-21-30-22-26-42-43(38(30)27-32)37-13-4-6-18-41(37)46-42/h1-27H. The molecule has 0 saturated carbocycles. The summed E-state index contributed by atoms with van der Waals surface area (Å²) in [5.74, 6) is 0. The van der Waals surface area contributed by atoms with Crippen LogP contribution in [0.2, 0.25) is 0 Å². The highest BCUT2D eigenvalue weighted by Crippen LogP contribution is 2.44. The van der Waals surface area contributed by atoms with Gasteiger partial charge in [0.1, 0.15) is 16.7 Å². The number of para-hydroxylation sites is 3. The summed E-state index contributed by atoms with van der Waals surface area (Å²) < 4.78 is 12.9. The maximum Gasteiger partial charge on any atom is 0.159 e. The minimum Gasteiger partial charge on any atom is -0.456 e. The van der Waals surface area contributed by atoms with Crippen molar-refractivity contribution in [2.45, 2.75) is 0 Å². The Labute approximate surface area is 270 Å². The molecule has 2 heterocycles. The highest BCUT2D eigenvalue weighted by Gasteiger charge is 2.21. The number of nitrogens with zero attached hydrogens (tertiary/aromatic N) is 1. The second kappa shape index (κ2) is 10.1. The molecule has 3 heteroatoms. The minimum atomic E-state index is 0.860. The summed E-state index contributed by atoms with van der Waals surface area (Å²) >= 11 is 0. The second-order valence-corrected chi connectivity index (χ2v) is 12.1. The highest BCUT2D eigenvalue weighted by atomic mass is 16.3. The summed E-state index contributed by atoms with van der Waals surface area (Å²) in [5, 5.41) is 9.27. The van der Waals surface area contributed by atoms with Gasteiger partial charge in [-0.05, 0) is 81.2 Å². The summed E-state index contributed by atoms with van der Waals surface area (Å²) in [4.78, 5) is 2.32. The van der Waals surface area contributed by atoms with Gasteiger partial charge >= 0.3 is 0 Å². The molecule has 220 valence electrons. The van der Waals surface area contributed by atoms with Crippen molar-refractivity contribution in [2.24, 2.45) is 0 Å². The van der Waals surface area contributed by atoms with E-state index in [0.717, 1.165) is 66.3 Å². The molecule has 3 nitrogen and oxygen atoms in total. The van der Waals surface area contributed by atoms with Crippen LogP contribution in [0.25, 0.3) is 76.5 Å². The molecule has 0 fully saturated rings. The molecule has 0 N–H and O–H groups in total. The molecule has 0 aliphatic heterocycles. The molecule has 8 aromatic carbocycles. The van der Waals surface area contributed by atoms with E-state index in [0.29, 0.717) is 0 Å². The Bertz CT molecular complexity index is 2800. The molecular weight excluding hydrogens is 574 g/mol. The van der Waals surface area contributed by atoms with E-state index in [1.54, 1.807) is 0 Å².